The topological polar surface area (TPSA) is 48.0 Å². The van der Waals surface area contributed by atoms with Gasteiger partial charge in [0.2, 0.25) is 0 Å². The Balaban J connectivity index is 1.79. The number of aromatic amines is 1. The molecule has 1 aromatic heterocycles. The van der Waals surface area contributed by atoms with Crippen LogP contribution in [0.5, 0.6) is 0 Å². The average molecular weight is 258 g/mol. The average Bonchev–Trinajstić information content (AvgIpc) is 2.83. The number of unbranched alkanes of at least 4 members (excludes halogenated alkanes) is 1. The third kappa shape index (κ3) is 2.53. The van der Waals surface area contributed by atoms with E-state index in [2.05, 4.69) is 34.6 Å². The maximum Gasteiger partial charge on any atom is 0.0476 e. The highest BCUT2D eigenvalue weighted by molar-refractivity contribution is 5.85. The number of aliphatic hydroxyl groups is 1. The molecular formula is C16H22N2O. The highest BCUT2D eigenvalue weighted by Gasteiger charge is 2.23. The van der Waals surface area contributed by atoms with E-state index in [1.54, 1.807) is 0 Å². The lowest BCUT2D eigenvalue weighted by Crippen LogP contribution is -2.26. The summed E-state index contributed by atoms with van der Waals surface area (Å²) in [6.45, 7) is 1.28. The molecule has 2 aromatic rings. The Morgan fingerprint density at radius 2 is 2.16 bits per heavy atom. The molecule has 1 heterocycles. The van der Waals surface area contributed by atoms with Gasteiger partial charge in [-0.2, -0.15) is 0 Å². The van der Waals surface area contributed by atoms with Crippen LogP contribution >= 0.6 is 0 Å². The number of hydrogen-bond donors (Lipinski definition) is 3. The standard InChI is InChI=1S/C16H22N2O/c19-11-4-3-10-17-15-9-5-7-13-12-6-1-2-8-14(12)18-16(13)15/h1-2,6,8,15,17-19H,3-5,7,9-11H2. The van der Waals surface area contributed by atoms with Crippen LogP contribution in [0.2, 0.25) is 0 Å². The first-order valence-electron chi connectivity index (χ1n) is 7.34. The third-order valence-electron chi connectivity index (χ3n) is 4.09. The summed E-state index contributed by atoms with van der Waals surface area (Å²) < 4.78 is 0. The SMILES string of the molecule is OCCCCNC1CCCc2c1[nH]c1ccccc21. The molecule has 0 radical (unpaired) electrons. The molecule has 1 aliphatic rings. The van der Waals surface area contributed by atoms with Gasteiger partial charge in [0.25, 0.3) is 0 Å². The minimum Gasteiger partial charge on any atom is -0.396 e. The largest absolute Gasteiger partial charge is 0.396 e. The number of benzene rings is 1. The van der Waals surface area contributed by atoms with Crippen molar-refractivity contribution in [2.24, 2.45) is 0 Å². The normalized spacial score (nSPS) is 18.7. The fraction of sp³-hybridized carbons (Fsp3) is 0.500. The van der Waals surface area contributed by atoms with Gasteiger partial charge >= 0.3 is 0 Å². The number of aryl methyl sites for hydroxylation is 1. The van der Waals surface area contributed by atoms with Gasteiger partial charge in [0.15, 0.2) is 0 Å². The van der Waals surface area contributed by atoms with E-state index in [4.69, 9.17) is 5.11 Å². The quantitative estimate of drug-likeness (QED) is 0.722. The number of aliphatic hydroxyl groups excluding tert-OH is 1. The molecule has 1 aliphatic carbocycles. The van der Waals surface area contributed by atoms with E-state index in [1.165, 1.54) is 41.4 Å². The van der Waals surface area contributed by atoms with Crippen LogP contribution in [0.3, 0.4) is 0 Å². The van der Waals surface area contributed by atoms with Crippen LogP contribution in [0.4, 0.5) is 0 Å². The van der Waals surface area contributed by atoms with Crippen molar-refractivity contribution in [2.45, 2.75) is 38.1 Å². The molecule has 0 bridgehead atoms. The van der Waals surface area contributed by atoms with E-state index in [0.29, 0.717) is 12.6 Å². The predicted molar refractivity (Wildman–Crippen MR) is 78.3 cm³/mol. The molecule has 1 aromatic carbocycles. The Bertz CT molecular complexity index is 547. The summed E-state index contributed by atoms with van der Waals surface area (Å²) in [5.41, 5.74) is 4.15. The smallest absolute Gasteiger partial charge is 0.0476 e. The molecule has 3 nitrogen and oxygen atoms in total. The number of H-pyrrole nitrogens is 1. The second-order valence-electron chi connectivity index (χ2n) is 5.39. The number of nitrogens with one attached hydrogen (secondary N) is 2. The lowest BCUT2D eigenvalue weighted by Gasteiger charge is -2.24. The van der Waals surface area contributed by atoms with Crippen molar-refractivity contribution in [3.05, 3.63) is 35.5 Å². The van der Waals surface area contributed by atoms with Crippen LogP contribution in [0, 0.1) is 0 Å². The van der Waals surface area contributed by atoms with Gasteiger partial charge in [0.05, 0.1) is 0 Å². The zero-order chi connectivity index (χ0) is 13.1. The lowest BCUT2D eigenvalue weighted by molar-refractivity contribution is 0.282. The van der Waals surface area contributed by atoms with Crippen molar-refractivity contribution < 1.29 is 5.11 Å². The lowest BCUT2D eigenvalue weighted by atomic mass is 9.91. The van der Waals surface area contributed by atoms with Gasteiger partial charge < -0.3 is 15.4 Å². The van der Waals surface area contributed by atoms with Crippen molar-refractivity contribution >= 4 is 10.9 Å². The van der Waals surface area contributed by atoms with Gasteiger partial charge in [0, 0.05) is 29.2 Å². The number of rotatable bonds is 5. The molecule has 3 rings (SSSR count). The second kappa shape index (κ2) is 5.76. The Morgan fingerprint density at radius 1 is 1.26 bits per heavy atom. The first-order valence-corrected chi connectivity index (χ1v) is 7.34. The van der Waals surface area contributed by atoms with Gasteiger partial charge in [-0.15, -0.1) is 0 Å². The van der Waals surface area contributed by atoms with Gasteiger partial charge in [-0.1, -0.05) is 18.2 Å². The molecule has 0 saturated carbocycles. The molecule has 19 heavy (non-hydrogen) atoms. The molecule has 0 saturated heterocycles. The molecule has 0 aliphatic heterocycles. The fourth-order valence-corrected chi connectivity index (χ4v) is 3.13. The van der Waals surface area contributed by atoms with Gasteiger partial charge in [-0.05, 0) is 50.3 Å². The van der Waals surface area contributed by atoms with E-state index in [9.17, 15) is 0 Å². The first-order chi connectivity index (χ1) is 9.40. The highest BCUT2D eigenvalue weighted by Crippen LogP contribution is 2.34. The Morgan fingerprint density at radius 3 is 3.05 bits per heavy atom. The summed E-state index contributed by atoms with van der Waals surface area (Å²) in [5.74, 6) is 0. The summed E-state index contributed by atoms with van der Waals surface area (Å²) in [6.07, 6.45) is 5.58. The van der Waals surface area contributed by atoms with E-state index in [1.807, 2.05) is 0 Å². The van der Waals surface area contributed by atoms with Crippen LogP contribution in [-0.4, -0.2) is 23.2 Å². The van der Waals surface area contributed by atoms with Crippen LogP contribution in [0.15, 0.2) is 24.3 Å². The van der Waals surface area contributed by atoms with E-state index >= 15 is 0 Å². The van der Waals surface area contributed by atoms with Crippen LogP contribution in [0.25, 0.3) is 10.9 Å². The van der Waals surface area contributed by atoms with Crippen molar-refractivity contribution in [3.63, 3.8) is 0 Å². The minimum atomic E-state index is 0.296. The molecule has 1 atom stereocenters. The van der Waals surface area contributed by atoms with Crippen LogP contribution in [-0.2, 0) is 6.42 Å². The molecular weight excluding hydrogens is 236 g/mol. The summed E-state index contributed by atoms with van der Waals surface area (Å²) in [7, 11) is 0. The summed E-state index contributed by atoms with van der Waals surface area (Å²) in [4.78, 5) is 3.60. The van der Waals surface area contributed by atoms with Gasteiger partial charge in [0.1, 0.15) is 0 Å². The summed E-state index contributed by atoms with van der Waals surface area (Å²) >= 11 is 0. The molecule has 0 spiro atoms. The molecule has 0 amide bonds. The number of hydrogen-bond acceptors (Lipinski definition) is 2. The van der Waals surface area contributed by atoms with E-state index in [0.717, 1.165) is 19.4 Å². The summed E-state index contributed by atoms with van der Waals surface area (Å²) in [5, 5.41) is 13.8. The highest BCUT2D eigenvalue weighted by atomic mass is 16.2. The Kier molecular flexibility index (Phi) is 3.85. The predicted octanol–water partition coefficient (Wildman–Crippen LogP) is 2.91. The Labute approximate surface area is 114 Å². The van der Waals surface area contributed by atoms with Crippen molar-refractivity contribution in [3.8, 4) is 0 Å². The molecule has 102 valence electrons. The van der Waals surface area contributed by atoms with Crippen LogP contribution < -0.4 is 5.32 Å². The van der Waals surface area contributed by atoms with E-state index < -0.39 is 0 Å². The number of para-hydroxylation sites is 1. The second-order valence-corrected chi connectivity index (χ2v) is 5.39. The zero-order valence-electron chi connectivity index (χ0n) is 11.3. The summed E-state index contributed by atoms with van der Waals surface area (Å²) in [6, 6.07) is 9.05. The van der Waals surface area contributed by atoms with Crippen LogP contribution in [0.1, 0.15) is 43.0 Å². The van der Waals surface area contributed by atoms with Gasteiger partial charge in [-0.3, -0.25) is 0 Å². The molecule has 0 fully saturated rings. The molecule has 3 heteroatoms. The van der Waals surface area contributed by atoms with E-state index in [-0.39, 0.29) is 0 Å². The third-order valence-corrected chi connectivity index (χ3v) is 4.09. The molecule has 3 N–H and O–H groups in total. The fourth-order valence-electron chi connectivity index (χ4n) is 3.13. The maximum atomic E-state index is 8.82. The molecule has 1 unspecified atom stereocenters. The van der Waals surface area contributed by atoms with Gasteiger partial charge in [-0.25, -0.2) is 0 Å². The monoisotopic (exact) mass is 258 g/mol. The number of fused-ring (bicyclic) bond motifs is 3. The zero-order valence-corrected chi connectivity index (χ0v) is 11.3. The van der Waals surface area contributed by atoms with Crippen molar-refractivity contribution in [1.82, 2.24) is 10.3 Å². The first kappa shape index (κ1) is 12.7. The Hall–Kier alpha value is -1.32. The maximum absolute atomic E-state index is 8.82. The van der Waals surface area contributed by atoms with Crippen molar-refractivity contribution in [2.75, 3.05) is 13.2 Å². The number of aromatic nitrogens is 1. The van der Waals surface area contributed by atoms with Crippen molar-refractivity contribution in [1.29, 1.82) is 0 Å². The minimum absolute atomic E-state index is 0.296.